The number of carbonyl (C=O) groups is 1. The first-order chi connectivity index (χ1) is 12.0. The number of aliphatic hydroxyl groups is 2. The fourth-order valence-corrected chi connectivity index (χ4v) is 2.12. The van der Waals surface area contributed by atoms with Crippen molar-refractivity contribution in [3.8, 4) is 6.07 Å². The molecule has 3 N–H and O–H groups in total. The number of rotatable bonds is 6. The first-order valence-electron chi connectivity index (χ1n) is 7.51. The first-order valence-corrected chi connectivity index (χ1v) is 7.51. The third kappa shape index (κ3) is 5.28. The second kappa shape index (κ2) is 8.78. The van der Waals surface area contributed by atoms with E-state index in [4.69, 9.17) is 10.00 Å². The molecule has 2 rings (SSSR count). The average Bonchev–Trinajstić information content (AvgIpc) is 2.64. The number of benzene rings is 2. The largest absolute Gasteiger partial charge is 0.445 e. The van der Waals surface area contributed by atoms with Gasteiger partial charge in [-0.2, -0.15) is 5.26 Å². The highest BCUT2D eigenvalue weighted by molar-refractivity contribution is 5.67. The summed E-state index contributed by atoms with van der Waals surface area (Å²) in [6, 6.07) is 14.3. The van der Waals surface area contributed by atoms with E-state index in [1.54, 1.807) is 18.2 Å². The quantitative estimate of drug-likeness (QED) is 0.744. The lowest BCUT2D eigenvalue weighted by atomic mass is 10.0. The van der Waals surface area contributed by atoms with Gasteiger partial charge >= 0.3 is 6.09 Å². The lowest BCUT2D eigenvalue weighted by Gasteiger charge is -2.19. The highest BCUT2D eigenvalue weighted by atomic mass is 19.1. The van der Waals surface area contributed by atoms with Gasteiger partial charge in [-0.05, 0) is 17.7 Å². The summed E-state index contributed by atoms with van der Waals surface area (Å²) in [5, 5.41) is 30.9. The Morgan fingerprint density at radius 2 is 1.96 bits per heavy atom. The zero-order valence-electron chi connectivity index (χ0n) is 13.2. The maximum absolute atomic E-state index is 13.8. The molecule has 2 aromatic carbocycles. The second-order valence-corrected chi connectivity index (χ2v) is 5.30. The van der Waals surface area contributed by atoms with E-state index in [0.29, 0.717) is 0 Å². The van der Waals surface area contributed by atoms with Gasteiger partial charge < -0.3 is 20.3 Å². The number of amides is 1. The summed E-state index contributed by atoms with van der Waals surface area (Å²) in [7, 11) is 0. The smallest absolute Gasteiger partial charge is 0.407 e. The van der Waals surface area contributed by atoms with Gasteiger partial charge in [-0.3, -0.25) is 0 Å². The second-order valence-electron chi connectivity index (χ2n) is 5.30. The molecule has 2 aromatic rings. The van der Waals surface area contributed by atoms with Crippen LogP contribution in [0.2, 0.25) is 0 Å². The van der Waals surface area contributed by atoms with Gasteiger partial charge in [0.15, 0.2) is 0 Å². The van der Waals surface area contributed by atoms with E-state index in [-0.39, 0.29) is 24.3 Å². The highest BCUT2D eigenvalue weighted by Gasteiger charge is 2.22. The van der Waals surface area contributed by atoms with Gasteiger partial charge in [0.25, 0.3) is 0 Å². The van der Waals surface area contributed by atoms with Crippen LogP contribution in [0.4, 0.5) is 9.18 Å². The molecule has 25 heavy (non-hydrogen) atoms. The van der Waals surface area contributed by atoms with Crippen LogP contribution < -0.4 is 5.32 Å². The van der Waals surface area contributed by atoms with Crippen LogP contribution in [0, 0.1) is 17.1 Å². The molecule has 6 nitrogen and oxygen atoms in total. The summed E-state index contributed by atoms with van der Waals surface area (Å²) in [6.45, 7) is -0.260. The first kappa shape index (κ1) is 18.4. The number of alkyl carbamates (subject to hydrolysis) is 1. The maximum Gasteiger partial charge on any atom is 0.407 e. The van der Waals surface area contributed by atoms with E-state index in [1.165, 1.54) is 12.1 Å². The standard InChI is InChI=1S/C18H17FN2O4/c19-15-8-13(9-20)6-7-14(15)17(23)16(22)10-21-18(24)25-11-12-4-2-1-3-5-12/h1-8,16-17,22-23H,10-11H2,(H,21,24). The summed E-state index contributed by atoms with van der Waals surface area (Å²) in [5.74, 6) is -0.808. The third-order valence-corrected chi connectivity index (χ3v) is 3.48. The molecular formula is C18H17FN2O4. The Kier molecular flexibility index (Phi) is 6.46. The number of nitriles is 1. The molecule has 0 fully saturated rings. The van der Waals surface area contributed by atoms with Gasteiger partial charge in [-0.25, -0.2) is 9.18 Å². The number of ether oxygens (including phenoxy) is 1. The van der Waals surface area contributed by atoms with Crippen molar-refractivity contribution in [2.45, 2.75) is 18.8 Å². The van der Waals surface area contributed by atoms with Crippen LogP contribution in [0.3, 0.4) is 0 Å². The van der Waals surface area contributed by atoms with Crippen molar-refractivity contribution in [3.63, 3.8) is 0 Å². The Balaban J connectivity index is 1.83. The van der Waals surface area contributed by atoms with E-state index in [0.717, 1.165) is 11.6 Å². The number of hydrogen-bond donors (Lipinski definition) is 3. The van der Waals surface area contributed by atoms with Gasteiger partial charge in [0.1, 0.15) is 24.6 Å². The topological polar surface area (TPSA) is 103 Å². The Labute approximate surface area is 144 Å². The lowest BCUT2D eigenvalue weighted by molar-refractivity contribution is 0.0164. The van der Waals surface area contributed by atoms with Gasteiger partial charge in [-0.15, -0.1) is 0 Å². The molecule has 0 aromatic heterocycles. The molecule has 0 aliphatic rings. The maximum atomic E-state index is 13.8. The SMILES string of the molecule is N#Cc1ccc(C(O)C(O)CNC(=O)OCc2ccccc2)c(F)c1. The van der Waals surface area contributed by atoms with Gasteiger partial charge in [0, 0.05) is 12.1 Å². The molecule has 0 spiro atoms. The van der Waals surface area contributed by atoms with Crippen molar-refractivity contribution in [1.29, 1.82) is 5.26 Å². The zero-order valence-corrected chi connectivity index (χ0v) is 13.2. The van der Waals surface area contributed by atoms with Crippen LogP contribution in [-0.2, 0) is 11.3 Å². The number of carbonyl (C=O) groups excluding carboxylic acids is 1. The van der Waals surface area contributed by atoms with Crippen LogP contribution in [0.1, 0.15) is 22.8 Å². The molecule has 0 saturated heterocycles. The van der Waals surface area contributed by atoms with Crippen molar-refractivity contribution in [1.82, 2.24) is 5.32 Å². The Bertz CT molecular complexity index is 761. The Morgan fingerprint density at radius 1 is 1.24 bits per heavy atom. The van der Waals surface area contributed by atoms with Gasteiger partial charge in [0.05, 0.1) is 11.6 Å². The molecule has 0 saturated carbocycles. The van der Waals surface area contributed by atoms with Crippen LogP contribution in [0.5, 0.6) is 0 Å². The summed E-state index contributed by atoms with van der Waals surface area (Å²) >= 11 is 0. The molecule has 130 valence electrons. The normalized spacial score (nSPS) is 12.7. The predicted octanol–water partition coefficient (Wildman–Crippen LogP) is 2.02. The van der Waals surface area contributed by atoms with E-state index >= 15 is 0 Å². The molecule has 0 aliphatic carbocycles. The minimum Gasteiger partial charge on any atom is -0.445 e. The zero-order chi connectivity index (χ0) is 18.2. The molecule has 0 radical (unpaired) electrons. The Hall–Kier alpha value is -2.95. The lowest BCUT2D eigenvalue weighted by Crippen LogP contribution is -2.36. The third-order valence-electron chi connectivity index (χ3n) is 3.48. The molecule has 0 bridgehead atoms. The van der Waals surface area contributed by atoms with E-state index in [1.807, 2.05) is 18.2 Å². The number of aliphatic hydroxyl groups excluding tert-OH is 2. The average molecular weight is 344 g/mol. The van der Waals surface area contributed by atoms with Crippen LogP contribution >= 0.6 is 0 Å². The summed E-state index contributed by atoms with van der Waals surface area (Å²) in [5.41, 5.74) is 0.745. The monoisotopic (exact) mass is 344 g/mol. The molecule has 2 atom stereocenters. The molecule has 2 unspecified atom stereocenters. The van der Waals surface area contributed by atoms with E-state index in [9.17, 15) is 19.4 Å². The van der Waals surface area contributed by atoms with Crippen molar-refractivity contribution >= 4 is 6.09 Å². The van der Waals surface area contributed by atoms with Gasteiger partial charge in [0.2, 0.25) is 0 Å². The summed E-state index contributed by atoms with van der Waals surface area (Å²) in [6.07, 6.45) is -3.76. The minimum atomic E-state index is -1.55. The summed E-state index contributed by atoms with van der Waals surface area (Å²) < 4.78 is 18.8. The van der Waals surface area contributed by atoms with Crippen molar-refractivity contribution < 1.29 is 24.1 Å². The van der Waals surface area contributed by atoms with Crippen LogP contribution in [-0.4, -0.2) is 29.0 Å². The fraction of sp³-hybridized carbons (Fsp3) is 0.222. The van der Waals surface area contributed by atoms with E-state index in [2.05, 4.69) is 5.32 Å². The molecule has 7 heteroatoms. The molecular weight excluding hydrogens is 327 g/mol. The fourth-order valence-electron chi connectivity index (χ4n) is 2.12. The van der Waals surface area contributed by atoms with Crippen LogP contribution in [0.25, 0.3) is 0 Å². The number of nitrogens with zero attached hydrogens (tertiary/aromatic N) is 1. The molecule has 0 heterocycles. The van der Waals surface area contributed by atoms with Crippen molar-refractivity contribution in [2.75, 3.05) is 6.54 Å². The number of halogens is 1. The molecule has 1 amide bonds. The highest BCUT2D eigenvalue weighted by Crippen LogP contribution is 2.21. The van der Waals surface area contributed by atoms with Crippen molar-refractivity contribution in [3.05, 3.63) is 71.0 Å². The van der Waals surface area contributed by atoms with Crippen LogP contribution in [0.15, 0.2) is 48.5 Å². The number of nitrogens with one attached hydrogen (secondary N) is 1. The number of hydrogen-bond acceptors (Lipinski definition) is 5. The summed E-state index contributed by atoms with van der Waals surface area (Å²) in [4.78, 5) is 11.6. The van der Waals surface area contributed by atoms with Gasteiger partial charge in [-0.1, -0.05) is 36.4 Å². The molecule has 0 aliphatic heterocycles. The van der Waals surface area contributed by atoms with Crippen molar-refractivity contribution in [2.24, 2.45) is 0 Å². The Morgan fingerprint density at radius 3 is 2.60 bits per heavy atom. The van der Waals surface area contributed by atoms with E-state index < -0.39 is 24.1 Å². The predicted molar refractivity (Wildman–Crippen MR) is 86.7 cm³/mol. The minimum absolute atomic E-state index is 0.0651.